The van der Waals surface area contributed by atoms with Gasteiger partial charge in [0.2, 0.25) is 0 Å². The molecule has 2 aromatic carbocycles. The van der Waals surface area contributed by atoms with Crippen molar-refractivity contribution >= 4 is 15.9 Å². The van der Waals surface area contributed by atoms with Crippen LogP contribution < -0.4 is 0 Å². The van der Waals surface area contributed by atoms with Crippen LogP contribution in [0, 0.1) is 5.82 Å². The molecule has 0 bridgehead atoms. The predicted molar refractivity (Wildman–Crippen MR) is 76.1 cm³/mol. The van der Waals surface area contributed by atoms with Crippen molar-refractivity contribution < 1.29 is 4.39 Å². The Balaban J connectivity index is 1.99. The Morgan fingerprint density at radius 3 is 2.33 bits per heavy atom. The van der Waals surface area contributed by atoms with Gasteiger partial charge in [0.05, 0.1) is 0 Å². The summed E-state index contributed by atoms with van der Waals surface area (Å²) in [5, 5.41) is 0. The maximum absolute atomic E-state index is 13.8. The van der Waals surface area contributed by atoms with E-state index in [0.29, 0.717) is 11.0 Å². The first-order chi connectivity index (χ1) is 8.58. The molecule has 2 heteroatoms. The molecule has 1 aliphatic rings. The van der Waals surface area contributed by atoms with E-state index in [2.05, 4.69) is 35.0 Å². The molecule has 0 N–H and O–H groups in total. The van der Waals surface area contributed by atoms with Gasteiger partial charge in [-0.2, -0.15) is 0 Å². The maximum atomic E-state index is 13.8. The molecule has 92 valence electrons. The molecule has 0 amide bonds. The Hall–Kier alpha value is -1.15. The molecule has 1 aliphatic carbocycles. The highest BCUT2D eigenvalue weighted by molar-refractivity contribution is 9.10. The summed E-state index contributed by atoms with van der Waals surface area (Å²) >= 11 is 3.38. The summed E-state index contributed by atoms with van der Waals surface area (Å²) in [6.45, 7) is 2.28. The Morgan fingerprint density at radius 1 is 1.06 bits per heavy atom. The average Bonchev–Trinajstić information content (AvgIpc) is 3.12. The molecule has 0 atom stereocenters. The summed E-state index contributed by atoms with van der Waals surface area (Å²) in [6, 6.07) is 13.3. The van der Waals surface area contributed by atoms with Gasteiger partial charge in [-0.25, -0.2) is 4.39 Å². The predicted octanol–water partition coefficient (Wildman–Crippen LogP) is 5.31. The largest absolute Gasteiger partial charge is 0.206 e. The van der Waals surface area contributed by atoms with Gasteiger partial charge in [-0.3, -0.25) is 0 Å². The molecular weight excluding hydrogens is 291 g/mol. The molecule has 0 heterocycles. The van der Waals surface area contributed by atoms with Crippen LogP contribution in [0.3, 0.4) is 0 Å². The van der Waals surface area contributed by atoms with E-state index in [1.54, 1.807) is 6.07 Å². The Labute approximate surface area is 115 Å². The zero-order chi connectivity index (χ0) is 12.8. The van der Waals surface area contributed by atoms with Crippen LogP contribution in [0.15, 0.2) is 46.9 Å². The third kappa shape index (κ3) is 2.10. The van der Waals surface area contributed by atoms with E-state index in [9.17, 15) is 4.39 Å². The molecular formula is C16H14BrF. The fourth-order valence-electron chi connectivity index (χ4n) is 2.25. The standard InChI is InChI=1S/C16H14BrF/c1-16(8-9-16)12-4-2-11(3-5-12)14-10-13(17)6-7-15(14)18/h2-7,10H,8-9H2,1H3. The zero-order valence-electron chi connectivity index (χ0n) is 10.2. The number of halogens is 2. The summed E-state index contributed by atoms with van der Waals surface area (Å²) in [7, 11) is 0. The SMILES string of the molecule is CC1(c2ccc(-c3cc(Br)ccc3F)cc2)CC1. The van der Waals surface area contributed by atoms with Crippen molar-refractivity contribution in [2.24, 2.45) is 0 Å². The summed E-state index contributed by atoms with van der Waals surface area (Å²) < 4.78 is 14.7. The van der Waals surface area contributed by atoms with Crippen LogP contribution in [-0.4, -0.2) is 0 Å². The fraction of sp³-hybridized carbons (Fsp3) is 0.250. The quantitative estimate of drug-likeness (QED) is 0.705. The minimum Gasteiger partial charge on any atom is -0.206 e. The molecule has 0 spiro atoms. The van der Waals surface area contributed by atoms with E-state index in [0.717, 1.165) is 10.0 Å². The van der Waals surface area contributed by atoms with Crippen molar-refractivity contribution in [3.8, 4) is 11.1 Å². The van der Waals surface area contributed by atoms with E-state index in [-0.39, 0.29) is 5.82 Å². The average molecular weight is 305 g/mol. The van der Waals surface area contributed by atoms with Crippen LogP contribution in [0.2, 0.25) is 0 Å². The van der Waals surface area contributed by atoms with Crippen molar-refractivity contribution in [3.05, 3.63) is 58.3 Å². The molecule has 2 aromatic rings. The number of benzene rings is 2. The van der Waals surface area contributed by atoms with Gasteiger partial charge in [-0.15, -0.1) is 0 Å². The van der Waals surface area contributed by atoms with Crippen molar-refractivity contribution in [3.63, 3.8) is 0 Å². The van der Waals surface area contributed by atoms with Crippen molar-refractivity contribution in [2.45, 2.75) is 25.2 Å². The Bertz CT molecular complexity index is 583. The minimum absolute atomic E-state index is 0.177. The summed E-state index contributed by atoms with van der Waals surface area (Å²) in [6.07, 6.45) is 2.52. The normalized spacial score (nSPS) is 16.6. The highest BCUT2D eigenvalue weighted by Crippen LogP contribution is 2.47. The number of hydrogen-bond donors (Lipinski definition) is 0. The molecule has 0 nitrogen and oxygen atoms in total. The second-order valence-electron chi connectivity index (χ2n) is 5.26. The maximum Gasteiger partial charge on any atom is 0.131 e. The van der Waals surface area contributed by atoms with Crippen molar-refractivity contribution in [2.75, 3.05) is 0 Å². The van der Waals surface area contributed by atoms with E-state index in [1.165, 1.54) is 24.5 Å². The van der Waals surface area contributed by atoms with Crippen molar-refractivity contribution in [1.82, 2.24) is 0 Å². The van der Waals surface area contributed by atoms with Gasteiger partial charge in [0.25, 0.3) is 0 Å². The molecule has 3 rings (SSSR count). The van der Waals surface area contributed by atoms with Gasteiger partial charge in [0, 0.05) is 10.0 Å². The van der Waals surface area contributed by atoms with E-state index in [4.69, 9.17) is 0 Å². The summed E-state index contributed by atoms with van der Waals surface area (Å²) in [4.78, 5) is 0. The van der Waals surface area contributed by atoms with Crippen molar-refractivity contribution in [1.29, 1.82) is 0 Å². The first kappa shape index (κ1) is 11.9. The first-order valence-corrected chi connectivity index (χ1v) is 6.94. The smallest absolute Gasteiger partial charge is 0.131 e. The van der Waals surface area contributed by atoms with Gasteiger partial charge in [-0.05, 0) is 47.6 Å². The fourth-order valence-corrected chi connectivity index (χ4v) is 2.61. The van der Waals surface area contributed by atoms with Gasteiger partial charge in [0.1, 0.15) is 5.82 Å². The lowest BCUT2D eigenvalue weighted by atomic mass is 9.95. The number of rotatable bonds is 2. The molecule has 0 radical (unpaired) electrons. The lowest BCUT2D eigenvalue weighted by Gasteiger charge is -2.10. The van der Waals surface area contributed by atoms with E-state index in [1.807, 2.05) is 18.2 Å². The van der Waals surface area contributed by atoms with Crippen LogP contribution in [0.25, 0.3) is 11.1 Å². The van der Waals surface area contributed by atoms with Crippen LogP contribution in [0.1, 0.15) is 25.3 Å². The molecule has 18 heavy (non-hydrogen) atoms. The van der Waals surface area contributed by atoms with E-state index >= 15 is 0 Å². The van der Waals surface area contributed by atoms with Crippen LogP contribution in [-0.2, 0) is 5.41 Å². The summed E-state index contributed by atoms with van der Waals surface area (Å²) in [5.41, 5.74) is 3.31. The Kier molecular flexibility index (Phi) is 2.78. The number of hydrogen-bond acceptors (Lipinski definition) is 0. The zero-order valence-corrected chi connectivity index (χ0v) is 11.8. The third-order valence-electron chi connectivity index (χ3n) is 3.82. The highest BCUT2D eigenvalue weighted by Gasteiger charge is 2.38. The van der Waals surface area contributed by atoms with Gasteiger partial charge >= 0.3 is 0 Å². The Morgan fingerprint density at radius 2 is 1.72 bits per heavy atom. The minimum atomic E-state index is -0.177. The lowest BCUT2D eigenvalue weighted by molar-refractivity contribution is 0.631. The monoisotopic (exact) mass is 304 g/mol. The van der Waals surface area contributed by atoms with Crippen LogP contribution >= 0.6 is 15.9 Å². The lowest BCUT2D eigenvalue weighted by Crippen LogP contribution is -1.98. The second kappa shape index (κ2) is 4.20. The summed E-state index contributed by atoms with van der Waals surface area (Å²) in [5.74, 6) is -0.177. The third-order valence-corrected chi connectivity index (χ3v) is 4.31. The molecule has 1 saturated carbocycles. The topological polar surface area (TPSA) is 0 Å². The first-order valence-electron chi connectivity index (χ1n) is 6.14. The second-order valence-corrected chi connectivity index (χ2v) is 6.18. The van der Waals surface area contributed by atoms with Gasteiger partial charge in [-0.1, -0.05) is 47.1 Å². The van der Waals surface area contributed by atoms with Crippen LogP contribution in [0.5, 0.6) is 0 Å². The van der Waals surface area contributed by atoms with Gasteiger partial charge < -0.3 is 0 Å². The molecule has 0 aliphatic heterocycles. The highest BCUT2D eigenvalue weighted by atomic mass is 79.9. The van der Waals surface area contributed by atoms with Crippen LogP contribution in [0.4, 0.5) is 4.39 Å². The van der Waals surface area contributed by atoms with E-state index < -0.39 is 0 Å². The molecule has 0 saturated heterocycles. The van der Waals surface area contributed by atoms with Gasteiger partial charge in [0.15, 0.2) is 0 Å². The molecule has 1 fully saturated rings. The molecule has 0 aromatic heterocycles. The molecule has 0 unspecified atom stereocenters.